The van der Waals surface area contributed by atoms with Gasteiger partial charge in [0, 0.05) is 23.0 Å². The van der Waals surface area contributed by atoms with Gasteiger partial charge in [-0.25, -0.2) is 0 Å². The summed E-state index contributed by atoms with van der Waals surface area (Å²) in [6, 6.07) is 0. The first-order valence-corrected chi connectivity index (χ1v) is 7.13. The molecule has 100 valence electrons. The van der Waals surface area contributed by atoms with E-state index in [1.807, 2.05) is 0 Å². The van der Waals surface area contributed by atoms with Crippen molar-refractivity contribution in [3.63, 3.8) is 0 Å². The van der Waals surface area contributed by atoms with E-state index in [-0.39, 0.29) is 23.0 Å². The molecule has 0 aliphatic rings. The van der Waals surface area contributed by atoms with Crippen LogP contribution in [0.1, 0.15) is 0 Å². The second kappa shape index (κ2) is 12.7. The molecule has 0 heterocycles. The van der Waals surface area contributed by atoms with E-state index in [0.29, 0.717) is 0 Å². The molecule has 4 nitrogen and oxygen atoms in total. The van der Waals surface area contributed by atoms with Gasteiger partial charge in [-0.1, -0.05) is 0 Å². The van der Waals surface area contributed by atoms with Crippen molar-refractivity contribution >= 4 is 50.5 Å². The SMILES string of the molecule is OC(CS)C(O)CS.OC(CS)C(O)CS. The zero-order chi connectivity index (χ0) is 13.1. The summed E-state index contributed by atoms with van der Waals surface area (Å²) in [7, 11) is 0. The van der Waals surface area contributed by atoms with Gasteiger partial charge in [-0.3, -0.25) is 0 Å². The third-order valence-corrected chi connectivity index (χ3v) is 3.13. The lowest BCUT2D eigenvalue weighted by Crippen LogP contribution is -2.28. The molecule has 0 aromatic rings. The molecule has 0 aliphatic heterocycles. The van der Waals surface area contributed by atoms with Gasteiger partial charge >= 0.3 is 0 Å². The molecule has 0 aliphatic carbocycles. The highest BCUT2D eigenvalue weighted by atomic mass is 32.1. The van der Waals surface area contributed by atoms with Crippen LogP contribution < -0.4 is 0 Å². The number of aliphatic hydroxyl groups is 4. The maximum atomic E-state index is 8.75. The van der Waals surface area contributed by atoms with Crippen LogP contribution in [0, 0.1) is 0 Å². The summed E-state index contributed by atoms with van der Waals surface area (Å²) in [6.45, 7) is 0. The first-order chi connectivity index (χ1) is 7.44. The molecule has 0 amide bonds. The van der Waals surface area contributed by atoms with E-state index in [4.69, 9.17) is 20.4 Å². The van der Waals surface area contributed by atoms with Crippen LogP contribution >= 0.6 is 50.5 Å². The highest BCUT2D eigenvalue weighted by Gasteiger charge is 2.11. The minimum Gasteiger partial charge on any atom is -0.390 e. The lowest BCUT2D eigenvalue weighted by Gasteiger charge is -2.11. The third-order valence-electron chi connectivity index (χ3n) is 1.64. The van der Waals surface area contributed by atoms with Crippen LogP contribution in [0.2, 0.25) is 0 Å². The number of aliphatic hydroxyl groups excluding tert-OH is 4. The van der Waals surface area contributed by atoms with E-state index in [0.717, 1.165) is 0 Å². The molecule has 0 aromatic carbocycles. The van der Waals surface area contributed by atoms with E-state index in [1.165, 1.54) is 0 Å². The van der Waals surface area contributed by atoms with Crippen LogP contribution in [-0.4, -0.2) is 67.9 Å². The highest BCUT2D eigenvalue weighted by Crippen LogP contribution is 1.97. The van der Waals surface area contributed by atoms with Gasteiger partial charge in [-0.15, -0.1) is 0 Å². The van der Waals surface area contributed by atoms with Crippen LogP contribution in [0.3, 0.4) is 0 Å². The predicted octanol–water partition coefficient (Wildman–Crippen LogP) is -0.864. The maximum absolute atomic E-state index is 8.75. The molecule has 0 spiro atoms. The predicted molar refractivity (Wildman–Crippen MR) is 79.4 cm³/mol. The molecule has 4 atom stereocenters. The summed E-state index contributed by atoms with van der Waals surface area (Å²) in [5.41, 5.74) is 0. The Bertz CT molecular complexity index is 120. The van der Waals surface area contributed by atoms with Crippen LogP contribution in [0.15, 0.2) is 0 Å². The summed E-state index contributed by atoms with van der Waals surface area (Å²) in [5.74, 6) is 1.12. The Hall–Kier alpha value is 1.24. The van der Waals surface area contributed by atoms with E-state index in [2.05, 4.69) is 50.5 Å². The molecule has 8 heteroatoms. The van der Waals surface area contributed by atoms with Crippen LogP contribution in [-0.2, 0) is 0 Å². The van der Waals surface area contributed by atoms with Crippen molar-refractivity contribution in [2.45, 2.75) is 24.4 Å². The zero-order valence-electron chi connectivity index (χ0n) is 8.72. The molecular weight excluding hydrogens is 288 g/mol. The number of rotatable bonds is 6. The summed E-state index contributed by atoms with van der Waals surface area (Å²) >= 11 is 15.1. The first-order valence-electron chi connectivity index (χ1n) is 4.60. The summed E-state index contributed by atoms with van der Waals surface area (Å²) < 4.78 is 0. The largest absolute Gasteiger partial charge is 0.390 e. The van der Waals surface area contributed by atoms with Crippen molar-refractivity contribution in [1.82, 2.24) is 0 Å². The number of hydrogen-bond acceptors (Lipinski definition) is 8. The molecule has 4 N–H and O–H groups in total. The van der Waals surface area contributed by atoms with Gasteiger partial charge < -0.3 is 20.4 Å². The van der Waals surface area contributed by atoms with E-state index < -0.39 is 24.4 Å². The Morgan fingerprint density at radius 2 is 0.625 bits per heavy atom. The molecule has 0 rings (SSSR count). The van der Waals surface area contributed by atoms with Gasteiger partial charge in [0.15, 0.2) is 0 Å². The van der Waals surface area contributed by atoms with Crippen LogP contribution in [0.4, 0.5) is 0 Å². The smallest absolute Gasteiger partial charge is 0.0894 e. The number of thiol groups is 4. The lowest BCUT2D eigenvalue weighted by molar-refractivity contribution is 0.0504. The third kappa shape index (κ3) is 10.4. The van der Waals surface area contributed by atoms with E-state index in [1.54, 1.807) is 0 Å². The molecule has 0 aromatic heterocycles. The van der Waals surface area contributed by atoms with Crippen molar-refractivity contribution < 1.29 is 20.4 Å². The highest BCUT2D eigenvalue weighted by molar-refractivity contribution is 7.80. The van der Waals surface area contributed by atoms with Gasteiger partial charge in [0.1, 0.15) is 0 Å². The fraction of sp³-hybridized carbons (Fsp3) is 1.00. The van der Waals surface area contributed by atoms with Gasteiger partial charge in [-0.2, -0.15) is 50.5 Å². The average Bonchev–Trinajstić information content (AvgIpc) is 2.35. The molecular formula is C8H20O4S4. The fourth-order valence-electron chi connectivity index (χ4n) is 0.487. The summed E-state index contributed by atoms with van der Waals surface area (Å²) in [5, 5.41) is 35.0. The monoisotopic (exact) mass is 308 g/mol. The minimum absolute atomic E-state index is 0.279. The zero-order valence-corrected chi connectivity index (χ0v) is 12.3. The van der Waals surface area contributed by atoms with Crippen molar-refractivity contribution in [2.24, 2.45) is 0 Å². The standard InChI is InChI=1S/2C4H10O2S2/c2*5-3(1-7)4(6)2-8/h2*3-8H,1-2H2. The van der Waals surface area contributed by atoms with Crippen LogP contribution in [0.25, 0.3) is 0 Å². The Morgan fingerprint density at radius 1 is 0.500 bits per heavy atom. The first kappa shape index (κ1) is 19.6. The molecule has 0 bridgehead atoms. The average molecular weight is 309 g/mol. The fourth-order valence-corrected chi connectivity index (χ4v) is 1.46. The Kier molecular flexibility index (Phi) is 15.5. The second-order valence-electron chi connectivity index (χ2n) is 3.00. The van der Waals surface area contributed by atoms with Crippen LogP contribution in [0.5, 0.6) is 0 Å². The summed E-state index contributed by atoms with van der Waals surface area (Å²) in [4.78, 5) is 0. The second-order valence-corrected chi connectivity index (χ2v) is 4.46. The Balaban J connectivity index is 0. The minimum atomic E-state index is -0.740. The molecule has 0 saturated heterocycles. The normalized spacial score (nSPS) is 18.0. The number of hydrogen-bond donors (Lipinski definition) is 8. The van der Waals surface area contributed by atoms with Gasteiger partial charge in [0.05, 0.1) is 24.4 Å². The molecule has 16 heavy (non-hydrogen) atoms. The Morgan fingerprint density at radius 3 is 0.688 bits per heavy atom. The van der Waals surface area contributed by atoms with Crippen molar-refractivity contribution in [3.8, 4) is 0 Å². The van der Waals surface area contributed by atoms with Crippen molar-refractivity contribution in [1.29, 1.82) is 0 Å². The van der Waals surface area contributed by atoms with Crippen molar-refractivity contribution in [3.05, 3.63) is 0 Å². The molecule has 0 radical (unpaired) electrons. The summed E-state index contributed by atoms with van der Waals surface area (Å²) in [6.07, 6.45) is -2.96. The maximum Gasteiger partial charge on any atom is 0.0894 e. The molecule has 4 unspecified atom stereocenters. The topological polar surface area (TPSA) is 80.9 Å². The Labute approximate surface area is 118 Å². The van der Waals surface area contributed by atoms with Gasteiger partial charge in [-0.05, 0) is 0 Å². The quantitative estimate of drug-likeness (QED) is 0.307. The molecule has 0 saturated carbocycles. The van der Waals surface area contributed by atoms with E-state index >= 15 is 0 Å². The molecule has 0 fully saturated rings. The van der Waals surface area contributed by atoms with E-state index in [9.17, 15) is 0 Å². The van der Waals surface area contributed by atoms with Gasteiger partial charge in [0.25, 0.3) is 0 Å². The van der Waals surface area contributed by atoms with Crippen molar-refractivity contribution in [2.75, 3.05) is 23.0 Å². The van der Waals surface area contributed by atoms with Gasteiger partial charge in [0.2, 0.25) is 0 Å². The lowest BCUT2D eigenvalue weighted by atomic mass is 10.3.